The molecule has 1 aromatic heterocycles. The van der Waals surface area contributed by atoms with Crippen LogP contribution in [0.3, 0.4) is 0 Å². The summed E-state index contributed by atoms with van der Waals surface area (Å²) in [6.07, 6.45) is 3.26. The molecule has 1 unspecified atom stereocenters. The largest absolute Gasteiger partial charge is 0.396 e. The van der Waals surface area contributed by atoms with E-state index in [9.17, 15) is 8.42 Å². The molecule has 2 N–H and O–H groups in total. The van der Waals surface area contributed by atoms with Crippen LogP contribution in [0.4, 0.5) is 5.69 Å². The Bertz CT molecular complexity index is 531. The number of hydrogen-bond donors (Lipinski definition) is 1. The first-order valence-corrected chi connectivity index (χ1v) is 7.69. The number of sulfonamides is 1. The summed E-state index contributed by atoms with van der Waals surface area (Å²) < 4.78 is 31.6. The van der Waals surface area contributed by atoms with Crippen LogP contribution in [0.15, 0.2) is 23.4 Å². The molecule has 19 heavy (non-hydrogen) atoms. The molecule has 0 spiro atoms. The molecule has 0 aromatic carbocycles. The molecule has 2 rings (SSSR count). The van der Waals surface area contributed by atoms with Crippen LogP contribution in [0, 0.1) is 5.92 Å². The van der Waals surface area contributed by atoms with Crippen LogP contribution >= 0.6 is 0 Å². The molecule has 6 nitrogen and oxygen atoms in total. The van der Waals surface area contributed by atoms with E-state index >= 15 is 0 Å². The van der Waals surface area contributed by atoms with Crippen LogP contribution in [-0.2, 0) is 14.8 Å². The molecule has 1 aliphatic heterocycles. The molecule has 0 radical (unpaired) electrons. The Morgan fingerprint density at radius 1 is 1.58 bits per heavy atom. The quantitative estimate of drug-likeness (QED) is 0.880. The number of nitrogens with two attached hydrogens (primary N) is 1. The van der Waals surface area contributed by atoms with Crippen LogP contribution in [0.2, 0.25) is 0 Å². The number of aromatic nitrogens is 1. The van der Waals surface area contributed by atoms with Crippen LogP contribution in [0.1, 0.15) is 12.8 Å². The van der Waals surface area contributed by atoms with Crippen LogP contribution in [0.25, 0.3) is 0 Å². The summed E-state index contributed by atoms with van der Waals surface area (Å²) in [5.41, 5.74) is 5.90. The average molecular weight is 285 g/mol. The number of piperidine rings is 1. The zero-order chi connectivity index (χ0) is 13.9. The third-order valence-corrected chi connectivity index (χ3v) is 5.11. The zero-order valence-electron chi connectivity index (χ0n) is 10.9. The van der Waals surface area contributed by atoms with Gasteiger partial charge in [-0.25, -0.2) is 13.4 Å². The van der Waals surface area contributed by atoms with Crippen LogP contribution in [-0.4, -0.2) is 44.5 Å². The molecule has 1 aromatic rings. The highest BCUT2D eigenvalue weighted by Crippen LogP contribution is 2.25. The highest BCUT2D eigenvalue weighted by molar-refractivity contribution is 7.89. The lowest BCUT2D eigenvalue weighted by atomic mass is 10.0. The highest BCUT2D eigenvalue weighted by atomic mass is 32.2. The summed E-state index contributed by atoms with van der Waals surface area (Å²) in [6, 6.07) is 3.18. The SMILES string of the molecule is COCC1CCCN(S(=O)(=O)c2ncccc2N)C1. The fraction of sp³-hybridized carbons (Fsp3) is 0.583. The molecule has 0 bridgehead atoms. The van der Waals surface area contributed by atoms with Crippen molar-refractivity contribution >= 4 is 15.7 Å². The molecule has 7 heteroatoms. The number of methoxy groups -OCH3 is 1. The summed E-state index contributed by atoms with van der Waals surface area (Å²) in [5.74, 6) is 0.235. The Hall–Kier alpha value is -1.18. The summed E-state index contributed by atoms with van der Waals surface area (Å²) in [7, 11) is -1.97. The number of nitrogens with zero attached hydrogens (tertiary/aromatic N) is 2. The van der Waals surface area contributed by atoms with Gasteiger partial charge in [0.25, 0.3) is 10.0 Å². The number of hydrogen-bond acceptors (Lipinski definition) is 5. The van der Waals surface area contributed by atoms with Gasteiger partial charge in [-0.3, -0.25) is 0 Å². The molecule has 0 aliphatic carbocycles. The standard InChI is InChI=1S/C12H19N3O3S/c1-18-9-10-4-3-7-15(8-10)19(16,17)12-11(13)5-2-6-14-12/h2,5-6,10H,3-4,7-9,13H2,1H3. The van der Waals surface area contributed by atoms with E-state index in [0.717, 1.165) is 12.8 Å². The van der Waals surface area contributed by atoms with Gasteiger partial charge in [0.1, 0.15) is 0 Å². The van der Waals surface area contributed by atoms with Crippen molar-refractivity contribution in [1.29, 1.82) is 0 Å². The fourth-order valence-corrected chi connectivity index (χ4v) is 3.94. The number of ether oxygens (including phenoxy) is 1. The van der Waals surface area contributed by atoms with Crippen molar-refractivity contribution in [2.45, 2.75) is 17.9 Å². The maximum atomic E-state index is 12.5. The third kappa shape index (κ3) is 3.05. The third-order valence-electron chi connectivity index (χ3n) is 3.27. The second kappa shape index (κ2) is 5.85. The van der Waals surface area contributed by atoms with E-state index < -0.39 is 10.0 Å². The van der Waals surface area contributed by atoms with Crippen molar-refractivity contribution in [2.24, 2.45) is 5.92 Å². The van der Waals surface area contributed by atoms with Gasteiger partial charge in [-0.05, 0) is 30.9 Å². The molecular formula is C12H19N3O3S. The monoisotopic (exact) mass is 285 g/mol. The van der Waals surface area contributed by atoms with E-state index in [-0.39, 0.29) is 16.6 Å². The van der Waals surface area contributed by atoms with Gasteiger partial charge in [0.2, 0.25) is 0 Å². The topological polar surface area (TPSA) is 85.5 Å². The van der Waals surface area contributed by atoms with Crippen molar-refractivity contribution in [3.05, 3.63) is 18.3 Å². The predicted octanol–water partition coefficient (Wildman–Crippen LogP) is 0.711. The minimum Gasteiger partial charge on any atom is -0.396 e. The lowest BCUT2D eigenvalue weighted by molar-refractivity contribution is 0.118. The molecule has 0 saturated carbocycles. The van der Waals surface area contributed by atoms with Crippen molar-refractivity contribution in [2.75, 3.05) is 32.5 Å². The van der Waals surface area contributed by atoms with Crippen LogP contribution < -0.4 is 5.73 Å². The number of rotatable bonds is 4. The Kier molecular flexibility index (Phi) is 4.38. The van der Waals surface area contributed by atoms with Gasteiger partial charge in [0.15, 0.2) is 5.03 Å². The molecule has 0 amide bonds. The summed E-state index contributed by atoms with van der Waals surface area (Å²) in [5, 5.41) is -0.0481. The van der Waals surface area contributed by atoms with Crippen molar-refractivity contribution in [1.82, 2.24) is 9.29 Å². The molecule has 2 heterocycles. The van der Waals surface area contributed by atoms with E-state index in [1.165, 1.54) is 10.5 Å². The van der Waals surface area contributed by atoms with Crippen molar-refractivity contribution < 1.29 is 13.2 Å². The fourth-order valence-electron chi connectivity index (χ4n) is 2.36. The van der Waals surface area contributed by atoms with E-state index in [0.29, 0.717) is 19.7 Å². The molecule has 106 valence electrons. The molecule has 1 saturated heterocycles. The molecule has 1 fully saturated rings. The van der Waals surface area contributed by atoms with E-state index in [2.05, 4.69) is 4.98 Å². The van der Waals surface area contributed by atoms with Gasteiger partial charge >= 0.3 is 0 Å². The molecule has 1 aliphatic rings. The summed E-state index contributed by atoms with van der Waals surface area (Å²) in [4.78, 5) is 3.91. The van der Waals surface area contributed by atoms with Gasteiger partial charge < -0.3 is 10.5 Å². The number of nitrogen functional groups attached to an aromatic ring is 1. The summed E-state index contributed by atoms with van der Waals surface area (Å²) in [6.45, 7) is 1.55. The van der Waals surface area contributed by atoms with Gasteiger partial charge in [0, 0.05) is 26.4 Å². The first kappa shape index (κ1) is 14.2. The number of anilines is 1. The molecule has 1 atom stereocenters. The second-order valence-corrected chi connectivity index (χ2v) is 6.58. The van der Waals surface area contributed by atoms with Crippen molar-refractivity contribution in [3.8, 4) is 0 Å². The minimum atomic E-state index is -3.60. The van der Waals surface area contributed by atoms with E-state index in [4.69, 9.17) is 10.5 Å². The zero-order valence-corrected chi connectivity index (χ0v) is 11.8. The predicted molar refractivity (Wildman–Crippen MR) is 72.0 cm³/mol. The van der Waals surface area contributed by atoms with Gasteiger partial charge in [-0.15, -0.1) is 0 Å². The van der Waals surface area contributed by atoms with Gasteiger partial charge in [-0.2, -0.15) is 4.31 Å². The van der Waals surface area contributed by atoms with E-state index in [1.54, 1.807) is 19.2 Å². The van der Waals surface area contributed by atoms with E-state index in [1.807, 2.05) is 0 Å². The Labute approximate surface area is 113 Å². The minimum absolute atomic E-state index is 0.0481. The second-order valence-electron chi connectivity index (χ2n) is 4.72. The lowest BCUT2D eigenvalue weighted by Gasteiger charge is -2.31. The van der Waals surface area contributed by atoms with Gasteiger partial charge in [-0.1, -0.05) is 0 Å². The maximum absolute atomic E-state index is 12.5. The lowest BCUT2D eigenvalue weighted by Crippen LogP contribution is -2.41. The van der Waals surface area contributed by atoms with Gasteiger partial charge in [0.05, 0.1) is 12.3 Å². The smallest absolute Gasteiger partial charge is 0.262 e. The van der Waals surface area contributed by atoms with Crippen molar-refractivity contribution in [3.63, 3.8) is 0 Å². The maximum Gasteiger partial charge on any atom is 0.262 e. The molecular weight excluding hydrogens is 266 g/mol. The Morgan fingerprint density at radius 3 is 3.05 bits per heavy atom. The normalized spacial score (nSPS) is 21.4. The van der Waals surface area contributed by atoms with Crippen LogP contribution in [0.5, 0.6) is 0 Å². The Balaban J connectivity index is 2.22. The first-order chi connectivity index (χ1) is 9.05. The highest BCUT2D eigenvalue weighted by Gasteiger charge is 2.32. The Morgan fingerprint density at radius 2 is 2.37 bits per heavy atom. The summed E-state index contributed by atoms with van der Waals surface area (Å²) >= 11 is 0. The first-order valence-electron chi connectivity index (χ1n) is 6.25. The average Bonchev–Trinajstić information content (AvgIpc) is 2.40. The number of pyridine rings is 1.